The molecule has 0 saturated heterocycles. The molecule has 0 radical (unpaired) electrons. The second kappa shape index (κ2) is 10.2. The Kier molecular flexibility index (Phi) is 8.57. The molecule has 1 aromatic carbocycles. The number of carbonyl (C=O) groups excluding carboxylic acids is 3. The highest BCUT2D eigenvalue weighted by Gasteiger charge is 2.22. The van der Waals surface area contributed by atoms with Crippen molar-refractivity contribution < 1.29 is 19.1 Å². The topological polar surface area (TPSA) is 96.5 Å². The second-order valence-corrected chi connectivity index (χ2v) is 7.67. The number of anilines is 1. The van der Waals surface area contributed by atoms with E-state index in [1.54, 1.807) is 45.0 Å². The molecular formula is C18H26BrN3O4. The van der Waals surface area contributed by atoms with Gasteiger partial charge in [-0.3, -0.25) is 9.59 Å². The van der Waals surface area contributed by atoms with E-state index in [0.29, 0.717) is 18.5 Å². The molecule has 3 amide bonds. The van der Waals surface area contributed by atoms with Crippen molar-refractivity contribution >= 4 is 39.5 Å². The number of halogens is 1. The third-order valence-corrected chi connectivity index (χ3v) is 3.66. The SMILES string of the molecule is CCC[C@H](NC(=O)Nc1ccc(Br)cc1)C(=O)NCC(=O)OC(C)(C)C. The van der Waals surface area contributed by atoms with Crippen LogP contribution in [0.1, 0.15) is 40.5 Å². The van der Waals surface area contributed by atoms with Gasteiger partial charge in [-0.1, -0.05) is 29.3 Å². The van der Waals surface area contributed by atoms with Gasteiger partial charge in [0.05, 0.1) is 0 Å². The lowest BCUT2D eigenvalue weighted by Crippen LogP contribution is -2.49. The third kappa shape index (κ3) is 8.84. The molecule has 0 aliphatic carbocycles. The van der Waals surface area contributed by atoms with E-state index in [2.05, 4.69) is 31.9 Å². The van der Waals surface area contributed by atoms with Crippen LogP contribution in [0.3, 0.4) is 0 Å². The van der Waals surface area contributed by atoms with Crippen molar-refractivity contribution in [1.82, 2.24) is 10.6 Å². The molecule has 1 atom stereocenters. The first-order chi connectivity index (χ1) is 12.1. The molecule has 0 heterocycles. The molecule has 3 N–H and O–H groups in total. The molecule has 144 valence electrons. The van der Waals surface area contributed by atoms with Crippen molar-refractivity contribution in [3.05, 3.63) is 28.7 Å². The molecule has 0 spiro atoms. The first-order valence-corrected chi connectivity index (χ1v) is 9.22. The summed E-state index contributed by atoms with van der Waals surface area (Å²) in [4.78, 5) is 36.1. The van der Waals surface area contributed by atoms with Crippen LogP contribution < -0.4 is 16.0 Å². The van der Waals surface area contributed by atoms with Gasteiger partial charge < -0.3 is 20.7 Å². The van der Waals surface area contributed by atoms with Gasteiger partial charge in [0.2, 0.25) is 5.91 Å². The number of hydrogen-bond acceptors (Lipinski definition) is 4. The number of urea groups is 1. The number of rotatable bonds is 7. The first kappa shape index (κ1) is 22.0. The van der Waals surface area contributed by atoms with Crippen LogP contribution in [0, 0.1) is 0 Å². The van der Waals surface area contributed by atoms with Gasteiger partial charge >= 0.3 is 12.0 Å². The molecule has 0 saturated carbocycles. The molecule has 1 rings (SSSR count). The molecule has 7 nitrogen and oxygen atoms in total. The predicted octanol–water partition coefficient (Wildman–Crippen LogP) is 3.20. The monoisotopic (exact) mass is 427 g/mol. The van der Waals surface area contributed by atoms with E-state index in [1.807, 2.05) is 6.92 Å². The molecule has 8 heteroatoms. The van der Waals surface area contributed by atoms with Crippen molar-refractivity contribution in [3.8, 4) is 0 Å². The van der Waals surface area contributed by atoms with Gasteiger partial charge in [-0.2, -0.15) is 0 Å². The zero-order valence-corrected chi connectivity index (χ0v) is 17.1. The maximum Gasteiger partial charge on any atom is 0.325 e. The predicted molar refractivity (Wildman–Crippen MR) is 104 cm³/mol. The number of carbonyl (C=O) groups is 3. The van der Waals surface area contributed by atoms with Gasteiger partial charge in [0.15, 0.2) is 0 Å². The highest BCUT2D eigenvalue weighted by Crippen LogP contribution is 2.14. The third-order valence-electron chi connectivity index (χ3n) is 3.13. The minimum atomic E-state index is -0.738. The maximum atomic E-state index is 12.3. The van der Waals surface area contributed by atoms with Gasteiger partial charge in [-0.25, -0.2) is 4.79 Å². The summed E-state index contributed by atoms with van der Waals surface area (Å²) in [6.07, 6.45) is 1.15. The number of nitrogens with one attached hydrogen (secondary N) is 3. The lowest BCUT2D eigenvalue weighted by molar-refractivity contribution is -0.154. The number of esters is 1. The molecule has 26 heavy (non-hydrogen) atoms. The molecule has 0 aliphatic rings. The highest BCUT2D eigenvalue weighted by atomic mass is 79.9. The van der Waals surface area contributed by atoms with Crippen molar-refractivity contribution in [1.29, 1.82) is 0 Å². The second-order valence-electron chi connectivity index (χ2n) is 6.75. The zero-order chi connectivity index (χ0) is 19.7. The quantitative estimate of drug-likeness (QED) is 0.582. The largest absolute Gasteiger partial charge is 0.459 e. The Balaban J connectivity index is 2.55. The van der Waals surface area contributed by atoms with Crippen LogP contribution >= 0.6 is 15.9 Å². The summed E-state index contributed by atoms with van der Waals surface area (Å²) >= 11 is 3.32. The van der Waals surface area contributed by atoms with Crippen molar-refractivity contribution in [2.24, 2.45) is 0 Å². The lowest BCUT2D eigenvalue weighted by atomic mass is 10.1. The van der Waals surface area contributed by atoms with Crippen molar-refractivity contribution in [2.45, 2.75) is 52.2 Å². The minimum absolute atomic E-state index is 0.244. The van der Waals surface area contributed by atoms with Crippen LogP contribution in [0.4, 0.5) is 10.5 Å². The average molecular weight is 428 g/mol. The van der Waals surface area contributed by atoms with Crippen molar-refractivity contribution in [3.63, 3.8) is 0 Å². The van der Waals surface area contributed by atoms with E-state index in [9.17, 15) is 14.4 Å². The molecule has 0 unspecified atom stereocenters. The number of benzene rings is 1. The van der Waals surface area contributed by atoms with Gasteiger partial charge in [0, 0.05) is 10.2 Å². The first-order valence-electron chi connectivity index (χ1n) is 8.43. The zero-order valence-electron chi connectivity index (χ0n) is 15.5. The van der Waals surface area contributed by atoms with E-state index in [-0.39, 0.29) is 6.54 Å². The highest BCUT2D eigenvalue weighted by molar-refractivity contribution is 9.10. The molecule has 0 fully saturated rings. The normalized spacial score (nSPS) is 12.0. The molecular weight excluding hydrogens is 402 g/mol. The fraction of sp³-hybridized carbons (Fsp3) is 0.500. The molecule has 0 aliphatic heterocycles. The van der Waals surface area contributed by atoms with Gasteiger partial charge in [0.25, 0.3) is 0 Å². The Bertz CT molecular complexity index is 626. The number of amides is 3. The van der Waals surface area contributed by atoms with Crippen LogP contribution in [0.5, 0.6) is 0 Å². The summed E-state index contributed by atoms with van der Waals surface area (Å²) in [5, 5.41) is 7.80. The van der Waals surface area contributed by atoms with E-state index in [1.165, 1.54) is 0 Å². The minimum Gasteiger partial charge on any atom is -0.459 e. The van der Waals surface area contributed by atoms with E-state index in [0.717, 1.165) is 4.47 Å². The summed E-state index contributed by atoms with van der Waals surface area (Å²) in [7, 11) is 0. The van der Waals surface area contributed by atoms with Crippen LogP contribution in [0.15, 0.2) is 28.7 Å². The molecule has 0 bridgehead atoms. The standard InChI is InChI=1S/C18H26BrN3O4/c1-5-6-14(16(24)20-11-15(23)26-18(2,3)4)22-17(25)21-13-9-7-12(19)8-10-13/h7-10,14H,5-6,11H2,1-4H3,(H,20,24)(H2,21,22,25)/t14-/m0/s1. The Morgan fingerprint density at radius 2 is 1.77 bits per heavy atom. The number of hydrogen-bond donors (Lipinski definition) is 3. The van der Waals surface area contributed by atoms with Crippen molar-refractivity contribution in [2.75, 3.05) is 11.9 Å². The Morgan fingerprint density at radius 3 is 2.31 bits per heavy atom. The number of ether oxygens (including phenoxy) is 1. The smallest absolute Gasteiger partial charge is 0.325 e. The van der Waals surface area contributed by atoms with E-state index in [4.69, 9.17) is 4.74 Å². The van der Waals surface area contributed by atoms with Gasteiger partial charge in [0.1, 0.15) is 18.2 Å². The summed E-state index contributed by atoms with van der Waals surface area (Å²) in [5.74, 6) is -0.955. The van der Waals surface area contributed by atoms with Crippen LogP contribution in [-0.4, -0.2) is 36.1 Å². The fourth-order valence-electron chi connectivity index (χ4n) is 2.08. The van der Waals surface area contributed by atoms with E-state index < -0.39 is 29.6 Å². The Labute approximate surface area is 162 Å². The lowest BCUT2D eigenvalue weighted by Gasteiger charge is -2.21. The van der Waals surface area contributed by atoms with E-state index >= 15 is 0 Å². The van der Waals surface area contributed by atoms with Crippen LogP contribution in [0.25, 0.3) is 0 Å². The van der Waals surface area contributed by atoms with Crippen LogP contribution in [-0.2, 0) is 14.3 Å². The summed E-state index contributed by atoms with van der Waals surface area (Å²) < 4.78 is 6.04. The Hall–Kier alpha value is -2.09. The molecule has 0 aromatic heterocycles. The Morgan fingerprint density at radius 1 is 1.15 bits per heavy atom. The van der Waals surface area contributed by atoms with Crippen LogP contribution in [0.2, 0.25) is 0 Å². The summed E-state index contributed by atoms with van der Waals surface area (Å²) in [5.41, 5.74) is -0.0110. The molecule has 1 aromatic rings. The maximum absolute atomic E-state index is 12.3. The van der Waals surface area contributed by atoms with Gasteiger partial charge in [-0.15, -0.1) is 0 Å². The fourth-order valence-corrected chi connectivity index (χ4v) is 2.34. The summed E-state index contributed by atoms with van der Waals surface area (Å²) in [6.45, 7) is 6.91. The summed E-state index contributed by atoms with van der Waals surface area (Å²) in [6, 6.07) is 5.85. The van der Waals surface area contributed by atoms with Gasteiger partial charge in [-0.05, 0) is 51.5 Å². The average Bonchev–Trinajstić information content (AvgIpc) is 2.53.